The molecular formula is C17H19N3O3. The molecule has 2 aromatic rings. The number of nitro groups is 1. The van der Waals surface area contributed by atoms with E-state index in [4.69, 9.17) is 5.73 Å². The molecule has 0 atom stereocenters. The second-order valence-corrected chi connectivity index (χ2v) is 5.56. The van der Waals surface area contributed by atoms with Crippen LogP contribution in [0, 0.1) is 17.0 Å². The number of hydrogen-bond donors (Lipinski definition) is 1. The number of rotatable bonds is 6. The van der Waals surface area contributed by atoms with Gasteiger partial charge in [-0.25, -0.2) is 0 Å². The quantitative estimate of drug-likeness (QED) is 0.655. The van der Waals surface area contributed by atoms with Gasteiger partial charge in [0, 0.05) is 30.3 Å². The van der Waals surface area contributed by atoms with E-state index in [9.17, 15) is 14.9 Å². The fourth-order valence-electron chi connectivity index (χ4n) is 2.52. The van der Waals surface area contributed by atoms with Gasteiger partial charge in [0.1, 0.15) is 0 Å². The third-order valence-corrected chi connectivity index (χ3v) is 3.72. The number of primary amides is 1. The van der Waals surface area contributed by atoms with Crippen molar-refractivity contribution in [2.75, 3.05) is 7.05 Å². The third-order valence-electron chi connectivity index (χ3n) is 3.72. The predicted octanol–water partition coefficient (Wildman–Crippen LogP) is 2.63. The molecule has 0 saturated carbocycles. The maximum absolute atomic E-state index is 11.2. The molecule has 6 heteroatoms. The van der Waals surface area contributed by atoms with E-state index in [1.807, 2.05) is 24.1 Å². The number of nitro benzene ring substituents is 1. The van der Waals surface area contributed by atoms with E-state index in [0.29, 0.717) is 24.2 Å². The van der Waals surface area contributed by atoms with Gasteiger partial charge in [-0.1, -0.05) is 24.3 Å². The Morgan fingerprint density at radius 2 is 1.91 bits per heavy atom. The molecule has 2 N–H and O–H groups in total. The number of carbonyl (C=O) groups excluding carboxylic acids is 1. The largest absolute Gasteiger partial charge is 0.366 e. The number of carbonyl (C=O) groups is 1. The molecule has 1 amide bonds. The van der Waals surface area contributed by atoms with Crippen molar-refractivity contribution in [2.24, 2.45) is 5.73 Å². The minimum Gasteiger partial charge on any atom is -0.366 e. The summed E-state index contributed by atoms with van der Waals surface area (Å²) < 4.78 is 0. The van der Waals surface area contributed by atoms with E-state index < -0.39 is 5.91 Å². The van der Waals surface area contributed by atoms with Crippen LogP contribution in [-0.4, -0.2) is 22.8 Å². The first-order chi connectivity index (χ1) is 10.9. The van der Waals surface area contributed by atoms with Gasteiger partial charge in [0.05, 0.1) is 4.92 Å². The van der Waals surface area contributed by atoms with E-state index in [1.165, 1.54) is 6.07 Å². The lowest BCUT2D eigenvalue weighted by Crippen LogP contribution is -2.19. The van der Waals surface area contributed by atoms with Gasteiger partial charge < -0.3 is 5.73 Å². The highest BCUT2D eigenvalue weighted by molar-refractivity contribution is 5.92. The van der Waals surface area contributed by atoms with Crippen LogP contribution in [0.15, 0.2) is 42.5 Å². The molecule has 0 spiro atoms. The summed E-state index contributed by atoms with van der Waals surface area (Å²) in [4.78, 5) is 23.9. The lowest BCUT2D eigenvalue weighted by atomic mass is 10.1. The summed E-state index contributed by atoms with van der Waals surface area (Å²) in [6, 6.07) is 12.2. The lowest BCUT2D eigenvalue weighted by molar-refractivity contribution is -0.385. The van der Waals surface area contributed by atoms with Gasteiger partial charge in [0.25, 0.3) is 5.69 Å². The van der Waals surface area contributed by atoms with Crippen molar-refractivity contribution in [3.05, 3.63) is 74.8 Å². The Bertz CT molecular complexity index is 744. The number of nitrogens with zero attached hydrogens (tertiary/aromatic N) is 2. The second kappa shape index (κ2) is 7.02. The van der Waals surface area contributed by atoms with Crippen LogP contribution < -0.4 is 5.73 Å². The number of nitrogens with two attached hydrogens (primary N) is 1. The van der Waals surface area contributed by atoms with Crippen molar-refractivity contribution in [1.82, 2.24) is 4.90 Å². The highest BCUT2D eigenvalue weighted by Gasteiger charge is 2.14. The Kier molecular flexibility index (Phi) is 5.08. The number of amides is 1. The van der Waals surface area contributed by atoms with Gasteiger partial charge in [-0.15, -0.1) is 0 Å². The van der Waals surface area contributed by atoms with Crippen LogP contribution in [0.4, 0.5) is 5.69 Å². The topological polar surface area (TPSA) is 89.5 Å². The minimum absolute atomic E-state index is 0.131. The van der Waals surface area contributed by atoms with Gasteiger partial charge in [-0.3, -0.25) is 19.8 Å². The molecule has 2 rings (SSSR count). The highest BCUT2D eigenvalue weighted by Crippen LogP contribution is 2.22. The normalized spacial score (nSPS) is 10.7. The molecule has 0 heterocycles. The fraction of sp³-hybridized carbons (Fsp3) is 0.235. The van der Waals surface area contributed by atoms with Crippen molar-refractivity contribution in [3.63, 3.8) is 0 Å². The van der Waals surface area contributed by atoms with Crippen LogP contribution in [-0.2, 0) is 13.1 Å². The molecule has 23 heavy (non-hydrogen) atoms. The number of benzene rings is 2. The Morgan fingerprint density at radius 3 is 2.57 bits per heavy atom. The summed E-state index contributed by atoms with van der Waals surface area (Å²) in [7, 11) is 1.93. The Balaban J connectivity index is 2.12. The molecule has 0 unspecified atom stereocenters. The summed E-state index contributed by atoms with van der Waals surface area (Å²) in [6.07, 6.45) is 0. The standard InChI is InChI=1S/C17H19N3O3/c1-12-15(7-4-8-16(12)20(22)23)11-19(2)10-13-5-3-6-14(9-13)17(18)21/h3-9H,10-11H2,1-2H3,(H2,18,21). The average molecular weight is 313 g/mol. The zero-order chi connectivity index (χ0) is 17.0. The number of hydrogen-bond acceptors (Lipinski definition) is 4. The van der Waals surface area contributed by atoms with E-state index in [-0.39, 0.29) is 10.6 Å². The van der Waals surface area contributed by atoms with Gasteiger partial charge in [-0.05, 0) is 37.2 Å². The Hall–Kier alpha value is -2.73. The first-order valence-electron chi connectivity index (χ1n) is 7.18. The van der Waals surface area contributed by atoms with E-state index in [1.54, 1.807) is 31.2 Å². The van der Waals surface area contributed by atoms with Gasteiger partial charge in [-0.2, -0.15) is 0 Å². The SMILES string of the molecule is Cc1c(CN(C)Cc2cccc(C(N)=O)c2)cccc1[N+](=O)[O-]. The van der Waals surface area contributed by atoms with Gasteiger partial charge >= 0.3 is 0 Å². The summed E-state index contributed by atoms with van der Waals surface area (Å²) in [5.41, 5.74) is 8.44. The van der Waals surface area contributed by atoms with Crippen molar-refractivity contribution >= 4 is 11.6 Å². The molecule has 0 aromatic heterocycles. The van der Waals surface area contributed by atoms with Crippen LogP contribution in [0.25, 0.3) is 0 Å². The van der Waals surface area contributed by atoms with Crippen LogP contribution in [0.5, 0.6) is 0 Å². The smallest absolute Gasteiger partial charge is 0.272 e. The van der Waals surface area contributed by atoms with E-state index in [2.05, 4.69) is 0 Å². The summed E-state index contributed by atoms with van der Waals surface area (Å²) in [6.45, 7) is 2.95. The van der Waals surface area contributed by atoms with Crippen LogP contribution >= 0.6 is 0 Å². The Labute approximate surface area is 134 Å². The maximum Gasteiger partial charge on any atom is 0.272 e. The van der Waals surface area contributed by atoms with Gasteiger partial charge in [0.2, 0.25) is 5.91 Å². The van der Waals surface area contributed by atoms with E-state index in [0.717, 1.165) is 11.1 Å². The first kappa shape index (κ1) is 16.6. The molecule has 0 aliphatic carbocycles. The zero-order valence-electron chi connectivity index (χ0n) is 13.2. The molecule has 0 fully saturated rings. The minimum atomic E-state index is -0.455. The molecule has 0 saturated heterocycles. The zero-order valence-corrected chi connectivity index (χ0v) is 13.2. The molecule has 0 radical (unpaired) electrons. The van der Waals surface area contributed by atoms with Crippen LogP contribution in [0.1, 0.15) is 27.0 Å². The highest BCUT2D eigenvalue weighted by atomic mass is 16.6. The van der Waals surface area contributed by atoms with Crippen molar-refractivity contribution in [2.45, 2.75) is 20.0 Å². The summed E-state index contributed by atoms with van der Waals surface area (Å²) >= 11 is 0. The molecule has 0 aliphatic rings. The average Bonchev–Trinajstić information content (AvgIpc) is 2.49. The summed E-state index contributed by atoms with van der Waals surface area (Å²) in [5.74, 6) is -0.455. The van der Waals surface area contributed by atoms with Crippen LogP contribution in [0.2, 0.25) is 0 Å². The van der Waals surface area contributed by atoms with Crippen molar-refractivity contribution in [3.8, 4) is 0 Å². The molecule has 6 nitrogen and oxygen atoms in total. The monoisotopic (exact) mass is 313 g/mol. The molecular weight excluding hydrogens is 294 g/mol. The van der Waals surface area contributed by atoms with E-state index >= 15 is 0 Å². The lowest BCUT2D eigenvalue weighted by Gasteiger charge is -2.18. The molecule has 0 bridgehead atoms. The molecule has 2 aromatic carbocycles. The summed E-state index contributed by atoms with van der Waals surface area (Å²) in [5, 5.41) is 11.0. The Morgan fingerprint density at radius 1 is 1.22 bits per heavy atom. The fourth-order valence-corrected chi connectivity index (χ4v) is 2.52. The van der Waals surface area contributed by atoms with Gasteiger partial charge in [0.15, 0.2) is 0 Å². The molecule has 0 aliphatic heterocycles. The van der Waals surface area contributed by atoms with Crippen molar-refractivity contribution in [1.29, 1.82) is 0 Å². The van der Waals surface area contributed by atoms with Crippen LogP contribution in [0.3, 0.4) is 0 Å². The second-order valence-electron chi connectivity index (χ2n) is 5.56. The third kappa shape index (κ3) is 4.14. The maximum atomic E-state index is 11.2. The first-order valence-corrected chi connectivity index (χ1v) is 7.18. The predicted molar refractivity (Wildman–Crippen MR) is 88.0 cm³/mol. The van der Waals surface area contributed by atoms with Crippen molar-refractivity contribution < 1.29 is 9.72 Å². The molecule has 120 valence electrons.